The van der Waals surface area contributed by atoms with Crippen LogP contribution < -0.4 is 20.1 Å². The van der Waals surface area contributed by atoms with Gasteiger partial charge in [-0.15, -0.1) is 0 Å². The molecule has 0 amide bonds. The SMILES string of the molecule is CC[C@@H](C)c1ccc([C@@H](CC)NC(=S)Nc2ccc3c(c2)OCO3)cc1. The Hall–Kier alpha value is -2.27. The van der Waals surface area contributed by atoms with Gasteiger partial charge in [-0.3, -0.25) is 0 Å². The van der Waals surface area contributed by atoms with Crippen LogP contribution in [-0.2, 0) is 0 Å². The second kappa shape index (κ2) is 8.41. The molecule has 2 aromatic carbocycles. The molecule has 0 aromatic heterocycles. The Balaban J connectivity index is 1.63. The summed E-state index contributed by atoms with van der Waals surface area (Å²) in [7, 11) is 0. The molecule has 2 N–H and O–H groups in total. The third kappa shape index (κ3) is 4.28. The lowest BCUT2D eigenvalue weighted by atomic mass is 9.95. The molecular formula is C21H26N2O2S. The van der Waals surface area contributed by atoms with E-state index in [9.17, 15) is 0 Å². The van der Waals surface area contributed by atoms with Crippen molar-refractivity contribution >= 4 is 23.0 Å². The number of rotatable bonds is 6. The Bertz CT molecular complexity index is 761. The molecular weight excluding hydrogens is 344 g/mol. The van der Waals surface area contributed by atoms with Crippen LogP contribution in [0.3, 0.4) is 0 Å². The van der Waals surface area contributed by atoms with Crippen LogP contribution in [0.5, 0.6) is 11.5 Å². The summed E-state index contributed by atoms with van der Waals surface area (Å²) in [6, 6.07) is 14.7. The molecule has 2 aromatic rings. The molecule has 0 aliphatic carbocycles. The van der Waals surface area contributed by atoms with Crippen LogP contribution in [0.15, 0.2) is 42.5 Å². The lowest BCUT2D eigenvalue weighted by molar-refractivity contribution is 0.174. The van der Waals surface area contributed by atoms with E-state index in [0.717, 1.165) is 30.0 Å². The highest BCUT2D eigenvalue weighted by Crippen LogP contribution is 2.34. The summed E-state index contributed by atoms with van der Waals surface area (Å²) < 4.78 is 10.7. The fourth-order valence-electron chi connectivity index (χ4n) is 3.01. The predicted octanol–water partition coefficient (Wildman–Crippen LogP) is 5.37. The van der Waals surface area contributed by atoms with Crippen molar-refractivity contribution in [2.75, 3.05) is 12.1 Å². The average molecular weight is 371 g/mol. The van der Waals surface area contributed by atoms with Crippen molar-refractivity contribution in [1.29, 1.82) is 0 Å². The quantitative estimate of drug-likeness (QED) is 0.670. The van der Waals surface area contributed by atoms with Crippen molar-refractivity contribution < 1.29 is 9.47 Å². The first kappa shape index (κ1) is 18.5. The van der Waals surface area contributed by atoms with Gasteiger partial charge in [-0.1, -0.05) is 45.0 Å². The van der Waals surface area contributed by atoms with E-state index in [2.05, 4.69) is 55.7 Å². The average Bonchev–Trinajstić information content (AvgIpc) is 3.13. The van der Waals surface area contributed by atoms with E-state index >= 15 is 0 Å². The number of hydrogen-bond donors (Lipinski definition) is 2. The number of ether oxygens (including phenoxy) is 2. The van der Waals surface area contributed by atoms with Crippen molar-refractivity contribution in [1.82, 2.24) is 5.32 Å². The van der Waals surface area contributed by atoms with E-state index < -0.39 is 0 Å². The van der Waals surface area contributed by atoms with E-state index in [0.29, 0.717) is 11.0 Å². The van der Waals surface area contributed by atoms with Gasteiger partial charge in [0.15, 0.2) is 16.6 Å². The summed E-state index contributed by atoms with van der Waals surface area (Å²) in [4.78, 5) is 0. The van der Waals surface area contributed by atoms with Crippen molar-refractivity contribution in [3.05, 3.63) is 53.6 Å². The Morgan fingerprint density at radius 3 is 2.38 bits per heavy atom. The Morgan fingerprint density at radius 2 is 1.69 bits per heavy atom. The molecule has 0 fully saturated rings. The lowest BCUT2D eigenvalue weighted by Gasteiger charge is -2.21. The molecule has 2 atom stereocenters. The van der Waals surface area contributed by atoms with Gasteiger partial charge >= 0.3 is 0 Å². The number of thiocarbonyl (C=S) groups is 1. The summed E-state index contributed by atoms with van der Waals surface area (Å²) in [5.74, 6) is 2.10. The zero-order valence-corrected chi connectivity index (χ0v) is 16.4. The molecule has 0 bridgehead atoms. The highest BCUT2D eigenvalue weighted by molar-refractivity contribution is 7.80. The van der Waals surface area contributed by atoms with Crippen LogP contribution in [0, 0.1) is 0 Å². The van der Waals surface area contributed by atoms with Crippen LogP contribution in [-0.4, -0.2) is 11.9 Å². The minimum absolute atomic E-state index is 0.176. The Kier molecular flexibility index (Phi) is 5.99. The number of fused-ring (bicyclic) bond motifs is 1. The maximum Gasteiger partial charge on any atom is 0.231 e. The van der Waals surface area contributed by atoms with Gasteiger partial charge in [-0.05, 0) is 54.2 Å². The van der Waals surface area contributed by atoms with E-state index in [-0.39, 0.29) is 12.8 Å². The van der Waals surface area contributed by atoms with Gasteiger partial charge < -0.3 is 20.1 Å². The van der Waals surface area contributed by atoms with Crippen LogP contribution in [0.25, 0.3) is 0 Å². The lowest BCUT2D eigenvalue weighted by Crippen LogP contribution is -2.32. The highest BCUT2D eigenvalue weighted by atomic mass is 32.1. The van der Waals surface area contributed by atoms with Crippen molar-refractivity contribution in [2.45, 2.75) is 45.6 Å². The zero-order valence-electron chi connectivity index (χ0n) is 15.5. The summed E-state index contributed by atoms with van der Waals surface area (Å²) in [6.45, 7) is 6.90. The number of anilines is 1. The Morgan fingerprint density at radius 1 is 1.00 bits per heavy atom. The third-order valence-corrected chi connectivity index (χ3v) is 5.08. The van der Waals surface area contributed by atoms with E-state index in [1.54, 1.807) is 0 Å². The van der Waals surface area contributed by atoms with Crippen molar-refractivity contribution in [3.8, 4) is 11.5 Å². The molecule has 0 unspecified atom stereocenters. The third-order valence-electron chi connectivity index (χ3n) is 4.86. The van der Waals surface area contributed by atoms with Gasteiger partial charge in [0.2, 0.25) is 6.79 Å². The maximum absolute atomic E-state index is 5.50. The molecule has 4 nitrogen and oxygen atoms in total. The molecule has 26 heavy (non-hydrogen) atoms. The van der Waals surface area contributed by atoms with Crippen LogP contribution >= 0.6 is 12.2 Å². The molecule has 0 saturated carbocycles. The minimum Gasteiger partial charge on any atom is -0.454 e. The number of hydrogen-bond acceptors (Lipinski definition) is 3. The van der Waals surface area contributed by atoms with Crippen LogP contribution in [0.2, 0.25) is 0 Å². The van der Waals surface area contributed by atoms with Gasteiger partial charge in [0.05, 0.1) is 6.04 Å². The first-order valence-corrected chi connectivity index (χ1v) is 9.58. The monoisotopic (exact) mass is 370 g/mol. The van der Waals surface area contributed by atoms with Crippen molar-refractivity contribution in [3.63, 3.8) is 0 Å². The fraction of sp³-hybridized carbons (Fsp3) is 0.381. The number of benzene rings is 2. The van der Waals surface area contributed by atoms with Gasteiger partial charge in [0, 0.05) is 11.8 Å². The van der Waals surface area contributed by atoms with Gasteiger partial charge in [-0.25, -0.2) is 0 Å². The molecule has 0 saturated heterocycles. The molecule has 5 heteroatoms. The van der Waals surface area contributed by atoms with Crippen LogP contribution in [0.4, 0.5) is 5.69 Å². The topological polar surface area (TPSA) is 42.5 Å². The Labute approximate surface area is 160 Å². The second-order valence-corrected chi connectivity index (χ2v) is 7.01. The first-order valence-electron chi connectivity index (χ1n) is 9.17. The smallest absolute Gasteiger partial charge is 0.231 e. The molecule has 1 aliphatic heterocycles. The summed E-state index contributed by atoms with van der Waals surface area (Å²) in [5.41, 5.74) is 3.51. The molecule has 0 radical (unpaired) electrons. The minimum atomic E-state index is 0.176. The van der Waals surface area contributed by atoms with E-state index in [4.69, 9.17) is 21.7 Å². The normalized spacial score (nSPS) is 14.6. The maximum atomic E-state index is 5.50. The van der Waals surface area contributed by atoms with E-state index in [1.807, 2.05) is 18.2 Å². The summed E-state index contributed by atoms with van der Waals surface area (Å²) >= 11 is 5.50. The summed E-state index contributed by atoms with van der Waals surface area (Å²) in [6.07, 6.45) is 2.10. The molecule has 138 valence electrons. The largest absolute Gasteiger partial charge is 0.454 e. The predicted molar refractivity (Wildman–Crippen MR) is 110 cm³/mol. The molecule has 0 spiro atoms. The molecule has 1 aliphatic rings. The van der Waals surface area contributed by atoms with E-state index in [1.165, 1.54) is 11.1 Å². The van der Waals surface area contributed by atoms with Gasteiger partial charge in [0.25, 0.3) is 0 Å². The highest BCUT2D eigenvalue weighted by Gasteiger charge is 2.15. The van der Waals surface area contributed by atoms with Crippen molar-refractivity contribution in [2.24, 2.45) is 0 Å². The second-order valence-electron chi connectivity index (χ2n) is 6.60. The van der Waals surface area contributed by atoms with Crippen LogP contribution in [0.1, 0.15) is 56.7 Å². The first-order chi connectivity index (χ1) is 12.6. The number of nitrogens with one attached hydrogen (secondary N) is 2. The van der Waals surface area contributed by atoms with Gasteiger partial charge in [0.1, 0.15) is 0 Å². The fourth-order valence-corrected chi connectivity index (χ4v) is 3.27. The zero-order chi connectivity index (χ0) is 18.5. The molecule has 3 rings (SSSR count). The molecule has 1 heterocycles. The standard InChI is InChI=1S/C21H26N2O2S/c1-4-14(3)15-6-8-16(9-7-15)18(5-2)23-21(26)22-17-10-11-19-20(12-17)25-13-24-19/h6-12,14,18H,4-5,13H2,1-3H3,(H2,22,23,26)/t14-,18-/m1/s1. The van der Waals surface area contributed by atoms with Gasteiger partial charge in [-0.2, -0.15) is 0 Å². The summed E-state index contributed by atoms with van der Waals surface area (Å²) in [5, 5.41) is 7.24.